The van der Waals surface area contributed by atoms with E-state index in [-0.39, 0.29) is 12.0 Å². The van der Waals surface area contributed by atoms with E-state index in [1.54, 1.807) is 0 Å². The zero-order valence-electron chi connectivity index (χ0n) is 11.8. The predicted molar refractivity (Wildman–Crippen MR) is 76.0 cm³/mol. The van der Waals surface area contributed by atoms with Gasteiger partial charge < -0.3 is 10.1 Å². The number of benzene rings is 1. The molecule has 2 atom stereocenters. The molecular weight excluding hydrogens is 240 g/mol. The molecule has 1 fully saturated rings. The van der Waals surface area contributed by atoms with Crippen LogP contribution in [0.25, 0.3) is 0 Å². The van der Waals surface area contributed by atoms with Crippen LogP contribution in [0.2, 0.25) is 0 Å². The fraction of sp³-hybridized carbons (Fsp3) is 0.533. The van der Waals surface area contributed by atoms with Crippen LogP contribution < -0.4 is 5.32 Å². The number of nitrogens with zero attached hydrogens (tertiary/aromatic N) is 1. The van der Waals surface area contributed by atoms with Gasteiger partial charge >= 0.3 is 0 Å². The van der Waals surface area contributed by atoms with Crippen molar-refractivity contribution in [3.8, 4) is 0 Å². The topological polar surface area (TPSA) is 41.6 Å². The van der Waals surface area contributed by atoms with E-state index in [2.05, 4.69) is 30.1 Å². The third-order valence-corrected chi connectivity index (χ3v) is 3.44. The lowest BCUT2D eigenvalue weighted by Gasteiger charge is -2.37. The Kier molecular flexibility index (Phi) is 4.56. The van der Waals surface area contributed by atoms with Gasteiger partial charge in [0.2, 0.25) is 5.91 Å². The summed E-state index contributed by atoms with van der Waals surface area (Å²) in [6, 6.07) is 8.38. The summed E-state index contributed by atoms with van der Waals surface area (Å²) in [4.78, 5) is 13.6. The van der Waals surface area contributed by atoms with Crippen LogP contribution in [-0.4, -0.2) is 36.1 Å². The largest absolute Gasteiger partial charge is 0.376 e. The highest BCUT2D eigenvalue weighted by atomic mass is 16.5. The quantitative estimate of drug-likeness (QED) is 0.908. The van der Waals surface area contributed by atoms with Crippen LogP contribution in [0.5, 0.6) is 0 Å². The van der Waals surface area contributed by atoms with Crippen molar-refractivity contribution in [3.05, 3.63) is 29.8 Å². The number of rotatable bonds is 3. The molecule has 4 heteroatoms. The first-order chi connectivity index (χ1) is 9.06. The standard InChI is InChI=1S/C15H22N2O2/c1-11-10-19-12(2)8-17(11)9-14-6-4-5-7-15(14)16-13(3)18/h4-7,11-12H,8-10H2,1-3H3,(H,16,18)/t11-,12+/m0/s1. The van der Waals surface area contributed by atoms with Crippen molar-refractivity contribution in [2.75, 3.05) is 18.5 Å². The third-order valence-electron chi connectivity index (χ3n) is 3.44. The predicted octanol–water partition coefficient (Wildman–Crippen LogP) is 2.25. The minimum Gasteiger partial charge on any atom is -0.376 e. The number of para-hydroxylation sites is 1. The van der Waals surface area contributed by atoms with Gasteiger partial charge in [-0.05, 0) is 25.5 Å². The molecule has 0 aromatic heterocycles. The minimum absolute atomic E-state index is 0.0316. The molecule has 0 radical (unpaired) electrons. The molecule has 0 spiro atoms. The van der Waals surface area contributed by atoms with Crippen molar-refractivity contribution in [3.63, 3.8) is 0 Å². The molecule has 0 aliphatic carbocycles. The van der Waals surface area contributed by atoms with Gasteiger partial charge in [-0.3, -0.25) is 9.69 Å². The van der Waals surface area contributed by atoms with Crippen molar-refractivity contribution in [2.24, 2.45) is 0 Å². The smallest absolute Gasteiger partial charge is 0.221 e. The van der Waals surface area contributed by atoms with Crippen molar-refractivity contribution in [1.82, 2.24) is 4.90 Å². The van der Waals surface area contributed by atoms with Gasteiger partial charge in [-0.1, -0.05) is 18.2 Å². The molecule has 4 nitrogen and oxygen atoms in total. The molecule has 104 valence electrons. The molecule has 0 saturated carbocycles. The SMILES string of the molecule is CC(=O)Nc1ccccc1CN1C[C@@H](C)OC[C@@H]1C. The second-order valence-electron chi connectivity index (χ2n) is 5.26. The van der Waals surface area contributed by atoms with E-state index < -0.39 is 0 Å². The van der Waals surface area contributed by atoms with Crippen molar-refractivity contribution in [2.45, 2.75) is 39.5 Å². The molecule has 1 saturated heterocycles. The summed E-state index contributed by atoms with van der Waals surface area (Å²) in [5.74, 6) is -0.0316. The fourth-order valence-electron chi connectivity index (χ4n) is 2.38. The average Bonchev–Trinajstić information content (AvgIpc) is 2.35. The van der Waals surface area contributed by atoms with Crippen LogP contribution in [0.15, 0.2) is 24.3 Å². The first kappa shape index (κ1) is 14.0. The Hall–Kier alpha value is -1.39. The second kappa shape index (κ2) is 6.17. The highest BCUT2D eigenvalue weighted by molar-refractivity contribution is 5.89. The van der Waals surface area contributed by atoms with Crippen molar-refractivity contribution >= 4 is 11.6 Å². The summed E-state index contributed by atoms with van der Waals surface area (Å²) in [5, 5.41) is 2.89. The Bertz CT molecular complexity index is 448. The lowest BCUT2D eigenvalue weighted by Crippen LogP contribution is -2.46. The van der Waals surface area contributed by atoms with Gasteiger partial charge in [-0.15, -0.1) is 0 Å². The Balaban J connectivity index is 2.11. The van der Waals surface area contributed by atoms with E-state index in [0.717, 1.165) is 30.9 Å². The summed E-state index contributed by atoms with van der Waals surface area (Å²) >= 11 is 0. The van der Waals surface area contributed by atoms with Crippen LogP contribution in [0, 0.1) is 0 Å². The lowest BCUT2D eigenvalue weighted by atomic mass is 10.1. The van der Waals surface area contributed by atoms with Crippen LogP contribution in [0.4, 0.5) is 5.69 Å². The van der Waals surface area contributed by atoms with Gasteiger partial charge in [0.1, 0.15) is 0 Å². The van der Waals surface area contributed by atoms with E-state index in [1.807, 2.05) is 18.2 Å². The van der Waals surface area contributed by atoms with E-state index in [0.29, 0.717) is 6.04 Å². The molecule has 1 aliphatic heterocycles. The number of morpholine rings is 1. The van der Waals surface area contributed by atoms with Gasteiger partial charge in [-0.25, -0.2) is 0 Å². The summed E-state index contributed by atoms with van der Waals surface area (Å²) in [6.45, 7) is 8.34. The Labute approximate surface area is 114 Å². The van der Waals surface area contributed by atoms with Crippen molar-refractivity contribution in [1.29, 1.82) is 0 Å². The Morgan fingerprint density at radius 1 is 1.42 bits per heavy atom. The van der Waals surface area contributed by atoms with E-state index in [4.69, 9.17) is 4.74 Å². The first-order valence-electron chi connectivity index (χ1n) is 6.77. The molecule has 1 amide bonds. The maximum Gasteiger partial charge on any atom is 0.221 e. The van der Waals surface area contributed by atoms with E-state index >= 15 is 0 Å². The van der Waals surface area contributed by atoms with Crippen LogP contribution in [0.1, 0.15) is 26.3 Å². The molecular formula is C15H22N2O2. The summed E-state index contributed by atoms with van der Waals surface area (Å²) < 4.78 is 5.64. The number of carbonyl (C=O) groups excluding carboxylic acids is 1. The molecule has 0 bridgehead atoms. The van der Waals surface area contributed by atoms with E-state index in [9.17, 15) is 4.79 Å². The van der Waals surface area contributed by atoms with Crippen LogP contribution in [0.3, 0.4) is 0 Å². The number of anilines is 1. The first-order valence-corrected chi connectivity index (χ1v) is 6.77. The summed E-state index contributed by atoms with van der Waals surface area (Å²) in [5.41, 5.74) is 2.06. The Morgan fingerprint density at radius 3 is 2.89 bits per heavy atom. The third kappa shape index (κ3) is 3.78. The molecule has 1 aliphatic rings. The molecule has 19 heavy (non-hydrogen) atoms. The molecule has 1 aromatic carbocycles. The minimum atomic E-state index is -0.0316. The number of hydrogen-bond acceptors (Lipinski definition) is 3. The van der Waals surface area contributed by atoms with Gasteiger partial charge in [-0.2, -0.15) is 0 Å². The monoisotopic (exact) mass is 262 g/mol. The zero-order chi connectivity index (χ0) is 13.8. The van der Waals surface area contributed by atoms with Gasteiger partial charge in [0, 0.05) is 31.7 Å². The molecule has 1 heterocycles. The molecule has 2 rings (SSSR count). The van der Waals surface area contributed by atoms with E-state index in [1.165, 1.54) is 6.92 Å². The number of carbonyl (C=O) groups is 1. The van der Waals surface area contributed by atoms with Gasteiger partial charge in [0.25, 0.3) is 0 Å². The van der Waals surface area contributed by atoms with Crippen LogP contribution in [-0.2, 0) is 16.1 Å². The average molecular weight is 262 g/mol. The highest BCUT2D eigenvalue weighted by Crippen LogP contribution is 2.21. The molecule has 0 unspecified atom stereocenters. The fourth-order valence-corrected chi connectivity index (χ4v) is 2.38. The summed E-state index contributed by atoms with van der Waals surface area (Å²) in [6.07, 6.45) is 0.268. The Morgan fingerprint density at radius 2 is 2.16 bits per heavy atom. The van der Waals surface area contributed by atoms with Crippen molar-refractivity contribution < 1.29 is 9.53 Å². The number of nitrogens with one attached hydrogen (secondary N) is 1. The number of hydrogen-bond donors (Lipinski definition) is 1. The normalized spacial score (nSPS) is 24.2. The number of ether oxygens (including phenoxy) is 1. The maximum atomic E-state index is 11.2. The highest BCUT2D eigenvalue weighted by Gasteiger charge is 2.23. The summed E-state index contributed by atoms with van der Waals surface area (Å²) in [7, 11) is 0. The zero-order valence-corrected chi connectivity index (χ0v) is 11.8. The van der Waals surface area contributed by atoms with Gasteiger partial charge in [0.05, 0.1) is 12.7 Å². The maximum absolute atomic E-state index is 11.2. The van der Waals surface area contributed by atoms with Gasteiger partial charge in [0.15, 0.2) is 0 Å². The van der Waals surface area contributed by atoms with Crippen LogP contribution >= 0.6 is 0 Å². The second-order valence-corrected chi connectivity index (χ2v) is 5.26. The number of amides is 1. The lowest BCUT2D eigenvalue weighted by molar-refractivity contribution is -0.114. The molecule has 1 N–H and O–H groups in total. The molecule has 1 aromatic rings.